The highest BCUT2D eigenvalue weighted by Gasteiger charge is 2.36. The van der Waals surface area contributed by atoms with Crippen LogP contribution < -0.4 is 15.0 Å². The maximum Gasteiger partial charge on any atom is 0.289 e. The van der Waals surface area contributed by atoms with Crippen molar-refractivity contribution < 1.29 is 19.1 Å². The summed E-state index contributed by atoms with van der Waals surface area (Å²) >= 11 is 0. The lowest BCUT2D eigenvalue weighted by Gasteiger charge is -2.37. The number of methoxy groups -OCH3 is 1. The van der Waals surface area contributed by atoms with E-state index in [2.05, 4.69) is 29.1 Å². The number of carbonyl (C=O) groups is 2. The van der Waals surface area contributed by atoms with Crippen molar-refractivity contribution in [2.24, 2.45) is 17.8 Å². The first-order valence-corrected chi connectivity index (χ1v) is 14.4. The molecule has 42 heavy (non-hydrogen) atoms. The van der Waals surface area contributed by atoms with Gasteiger partial charge < -0.3 is 29.6 Å². The number of ether oxygens (including phenoxy) is 2. The summed E-state index contributed by atoms with van der Waals surface area (Å²) in [5.74, 6) is 1.65. The van der Waals surface area contributed by atoms with E-state index in [9.17, 15) is 9.59 Å². The third-order valence-corrected chi connectivity index (χ3v) is 7.94. The Balaban J connectivity index is 0.00000242. The van der Waals surface area contributed by atoms with Gasteiger partial charge in [0.1, 0.15) is 12.4 Å². The molecule has 0 radical (unpaired) electrons. The fourth-order valence-electron chi connectivity index (χ4n) is 6.01. The van der Waals surface area contributed by atoms with Gasteiger partial charge in [0.15, 0.2) is 5.82 Å². The molecule has 3 heterocycles. The van der Waals surface area contributed by atoms with Gasteiger partial charge in [-0.3, -0.25) is 9.59 Å². The normalized spacial score (nSPS) is 18.8. The van der Waals surface area contributed by atoms with Crippen LogP contribution in [0, 0.1) is 17.8 Å². The van der Waals surface area contributed by atoms with Crippen LogP contribution in [0.25, 0.3) is 11.0 Å². The van der Waals surface area contributed by atoms with E-state index in [0.29, 0.717) is 44.5 Å². The predicted octanol–water partition coefficient (Wildman–Crippen LogP) is 4.95. The SMILES string of the molecule is COC(CCCN(CC(C)C)C(=O)c1nc2ccccc2[nH]1)[C@@H]1CNC[C@H](C(=O)N2CCOc3ccccc32)C1.Cl.Cl. The van der Waals surface area contributed by atoms with Gasteiger partial charge in [0, 0.05) is 33.3 Å². The second-order valence-electron chi connectivity index (χ2n) is 11.3. The molecule has 0 aliphatic carbocycles. The quantitative estimate of drug-likeness (QED) is 0.333. The number of anilines is 1. The lowest BCUT2D eigenvalue weighted by Crippen LogP contribution is -2.50. The van der Waals surface area contributed by atoms with Crippen LogP contribution in [-0.4, -0.2) is 79.2 Å². The summed E-state index contributed by atoms with van der Waals surface area (Å²) in [5, 5.41) is 3.49. The van der Waals surface area contributed by atoms with E-state index >= 15 is 0 Å². The van der Waals surface area contributed by atoms with Gasteiger partial charge in [0.05, 0.1) is 35.3 Å². The van der Waals surface area contributed by atoms with E-state index in [1.54, 1.807) is 7.11 Å². The summed E-state index contributed by atoms with van der Waals surface area (Å²) in [6, 6.07) is 15.4. The number of carbonyl (C=O) groups excluding carboxylic acids is 2. The Morgan fingerprint density at radius 2 is 1.88 bits per heavy atom. The zero-order chi connectivity index (χ0) is 28.1. The third-order valence-electron chi connectivity index (χ3n) is 7.94. The molecular weight excluding hydrogens is 577 g/mol. The molecule has 0 bridgehead atoms. The van der Waals surface area contributed by atoms with Crippen molar-refractivity contribution >= 4 is 53.3 Å². The molecule has 9 nitrogen and oxygen atoms in total. The fraction of sp³-hybridized carbons (Fsp3) is 0.516. The lowest BCUT2D eigenvalue weighted by atomic mass is 9.84. The number of H-pyrrole nitrogens is 1. The van der Waals surface area contributed by atoms with Crippen LogP contribution in [0.15, 0.2) is 48.5 Å². The van der Waals surface area contributed by atoms with Gasteiger partial charge in [-0.1, -0.05) is 38.1 Å². The van der Waals surface area contributed by atoms with Crippen molar-refractivity contribution in [3.63, 3.8) is 0 Å². The number of piperidine rings is 1. The standard InChI is InChI=1S/C31H41N5O4.2ClH/c1-21(2)20-35(31(38)29-33-24-9-4-5-10-25(24)34-29)14-8-13-27(39-3)22-17-23(19-32-18-22)30(37)36-15-16-40-28-12-7-6-11-26(28)36;;/h4-7,9-12,21-23,27,32H,8,13-20H2,1-3H3,(H,33,34);2*1H/t22-,23+,27?;;/m0../s1. The number of hydrogen-bond acceptors (Lipinski definition) is 6. The summed E-state index contributed by atoms with van der Waals surface area (Å²) in [5.41, 5.74) is 2.51. The van der Waals surface area contributed by atoms with Gasteiger partial charge in [-0.25, -0.2) is 4.98 Å². The number of halogens is 2. The second kappa shape index (κ2) is 15.6. The number of para-hydroxylation sites is 4. The number of fused-ring (bicyclic) bond motifs is 2. The third kappa shape index (κ3) is 7.75. The minimum absolute atomic E-state index is 0. The molecule has 11 heteroatoms. The second-order valence-corrected chi connectivity index (χ2v) is 11.3. The molecule has 1 aromatic heterocycles. The van der Waals surface area contributed by atoms with E-state index in [1.807, 2.05) is 58.3 Å². The van der Waals surface area contributed by atoms with Crippen LogP contribution in [-0.2, 0) is 9.53 Å². The van der Waals surface area contributed by atoms with E-state index in [4.69, 9.17) is 9.47 Å². The Morgan fingerprint density at radius 1 is 1.12 bits per heavy atom. The predicted molar refractivity (Wildman–Crippen MR) is 170 cm³/mol. The topological polar surface area (TPSA) is 99.8 Å². The number of aromatic nitrogens is 2. The summed E-state index contributed by atoms with van der Waals surface area (Å²) < 4.78 is 11.7. The van der Waals surface area contributed by atoms with Crippen LogP contribution in [0.4, 0.5) is 5.69 Å². The first-order chi connectivity index (χ1) is 19.4. The highest BCUT2D eigenvalue weighted by atomic mass is 35.5. The Hall–Kier alpha value is -2.85. The van der Waals surface area contributed by atoms with Crippen LogP contribution in [0.3, 0.4) is 0 Å². The van der Waals surface area contributed by atoms with Crippen molar-refractivity contribution in [1.82, 2.24) is 20.2 Å². The minimum atomic E-state index is -0.116. The molecule has 230 valence electrons. The fourth-order valence-corrected chi connectivity index (χ4v) is 6.01. The Morgan fingerprint density at radius 3 is 2.64 bits per heavy atom. The molecule has 3 aromatic rings. The summed E-state index contributed by atoms with van der Waals surface area (Å²) in [7, 11) is 1.75. The van der Waals surface area contributed by atoms with Crippen molar-refractivity contribution in [3.05, 3.63) is 54.4 Å². The van der Waals surface area contributed by atoms with Crippen LogP contribution in [0.2, 0.25) is 0 Å². The molecule has 0 spiro atoms. The molecular formula is C31H43Cl2N5O4. The van der Waals surface area contributed by atoms with Crippen LogP contribution in [0.5, 0.6) is 5.75 Å². The number of imidazole rings is 1. The first-order valence-electron chi connectivity index (χ1n) is 14.4. The molecule has 1 saturated heterocycles. The largest absolute Gasteiger partial charge is 0.490 e. The monoisotopic (exact) mass is 619 g/mol. The number of amides is 2. The Bertz CT molecular complexity index is 1290. The highest BCUT2D eigenvalue weighted by Crippen LogP contribution is 2.34. The molecule has 5 rings (SSSR count). The molecule has 2 aromatic carbocycles. The maximum absolute atomic E-state index is 13.6. The van der Waals surface area contributed by atoms with Crippen LogP contribution in [0.1, 0.15) is 43.7 Å². The summed E-state index contributed by atoms with van der Waals surface area (Å²) in [6.07, 6.45) is 2.40. The molecule has 1 unspecified atom stereocenters. The van der Waals surface area contributed by atoms with E-state index in [-0.39, 0.29) is 54.6 Å². The van der Waals surface area contributed by atoms with E-state index < -0.39 is 0 Å². The molecule has 2 amide bonds. The minimum Gasteiger partial charge on any atom is -0.490 e. The molecule has 2 aliphatic rings. The molecule has 2 N–H and O–H groups in total. The number of aromatic amines is 1. The zero-order valence-corrected chi connectivity index (χ0v) is 26.2. The zero-order valence-electron chi connectivity index (χ0n) is 24.6. The highest BCUT2D eigenvalue weighted by molar-refractivity contribution is 5.97. The molecule has 0 saturated carbocycles. The average molecular weight is 621 g/mol. The van der Waals surface area contributed by atoms with Gasteiger partial charge in [0.2, 0.25) is 5.91 Å². The number of benzene rings is 2. The van der Waals surface area contributed by atoms with Crippen molar-refractivity contribution in [1.29, 1.82) is 0 Å². The Kier molecular flexibility index (Phi) is 12.5. The van der Waals surface area contributed by atoms with Gasteiger partial charge in [-0.2, -0.15) is 0 Å². The van der Waals surface area contributed by atoms with Crippen molar-refractivity contribution in [2.45, 2.75) is 39.2 Å². The van der Waals surface area contributed by atoms with Gasteiger partial charge in [0.25, 0.3) is 5.91 Å². The van der Waals surface area contributed by atoms with Gasteiger partial charge in [-0.15, -0.1) is 24.8 Å². The molecule has 3 atom stereocenters. The molecule has 1 fully saturated rings. The van der Waals surface area contributed by atoms with Gasteiger partial charge >= 0.3 is 0 Å². The average Bonchev–Trinajstić information content (AvgIpc) is 3.42. The summed E-state index contributed by atoms with van der Waals surface area (Å²) in [6.45, 7) is 8.08. The van der Waals surface area contributed by atoms with E-state index in [1.165, 1.54) is 0 Å². The first kappa shape index (κ1) is 33.6. The number of hydrogen-bond donors (Lipinski definition) is 2. The molecule has 2 aliphatic heterocycles. The lowest BCUT2D eigenvalue weighted by molar-refractivity contribution is -0.124. The Labute approximate surface area is 260 Å². The number of nitrogens with one attached hydrogen (secondary N) is 2. The van der Waals surface area contributed by atoms with Crippen LogP contribution >= 0.6 is 24.8 Å². The number of nitrogens with zero attached hydrogens (tertiary/aromatic N) is 3. The van der Waals surface area contributed by atoms with Crippen molar-refractivity contribution in [3.8, 4) is 5.75 Å². The number of rotatable bonds is 10. The summed E-state index contributed by atoms with van der Waals surface area (Å²) in [4.78, 5) is 38.5. The van der Waals surface area contributed by atoms with E-state index in [0.717, 1.165) is 48.3 Å². The smallest absolute Gasteiger partial charge is 0.289 e. The maximum atomic E-state index is 13.6. The van der Waals surface area contributed by atoms with Gasteiger partial charge in [-0.05, 0) is 55.4 Å². The van der Waals surface area contributed by atoms with Crippen molar-refractivity contribution in [2.75, 3.05) is 51.3 Å².